The van der Waals surface area contributed by atoms with Crippen LogP contribution in [0.25, 0.3) is 0 Å². The lowest BCUT2D eigenvalue weighted by Gasteiger charge is -2.39. The van der Waals surface area contributed by atoms with Crippen LogP contribution in [0.3, 0.4) is 0 Å². The van der Waals surface area contributed by atoms with Crippen molar-refractivity contribution in [1.82, 2.24) is 10.2 Å². The summed E-state index contributed by atoms with van der Waals surface area (Å²) in [6.45, 7) is 14.4. The van der Waals surface area contributed by atoms with Crippen LogP contribution in [0.4, 0.5) is 0 Å². The van der Waals surface area contributed by atoms with Gasteiger partial charge in [0, 0.05) is 6.04 Å². The van der Waals surface area contributed by atoms with E-state index in [1.807, 2.05) is 0 Å². The van der Waals surface area contributed by atoms with Crippen LogP contribution in [0.15, 0.2) is 0 Å². The molecule has 0 aromatic carbocycles. The fourth-order valence-corrected chi connectivity index (χ4v) is 2.54. The van der Waals surface area contributed by atoms with E-state index in [1.165, 1.54) is 51.7 Å². The predicted molar refractivity (Wildman–Crippen MR) is 76.4 cm³/mol. The van der Waals surface area contributed by atoms with Crippen LogP contribution in [-0.2, 0) is 0 Å². The van der Waals surface area contributed by atoms with Crippen molar-refractivity contribution in [2.24, 2.45) is 5.41 Å². The second-order valence-electron chi connectivity index (χ2n) is 6.15. The zero-order valence-electron chi connectivity index (χ0n) is 12.4. The molecule has 0 spiro atoms. The van der Waals surface area contributed by atoms with Crippen LogP contribution in [0, 0.1) is 5.41 Å². The van der Waals surface area contributed by atoms with Crippen molar-refractivity contribution in [3.05, 3.63) is 0 Å². The largest absolute Gasteiger partial charge is 0.314 e. The van der Waals surface area contributed by atoms with E-state index in [0.29, 0.717) is 11.5 Å². The number of likely N-dealkylation sites (tertiary alicyclic amines) is 1. The van der Waals surface area contributed by atoms with E-state index < -0.39 is 0 Å². The molecule has 1 heterocycles. The summed E-state index contributed by atoms with van der Waals surface area (Å²) in [5.41, 5.74) is 0.628. The maximum absolute atomic E-state index is 3.57. The van der Waals surface area contributed by atoms with Crippen molar-refractivity contribution in [2.45, 2.75) is 65.8 Å². The molecule has 1 saturated heterocycles. The summed E-state index contributed by atoms with van der Waals surface area (Å²) in [5, 5.41) is 3.57. The summed E-state index contributed by atoms with van der Waals surface area (Å²) in [5.74, 6) is 0. The van der Waals surface area contributed by atoms with Gasteiger partial charge in [-0.1, -0.05) is 27.2 Å². The Kier molecular flexibility index (Phi) is 6.50. The molecule has 102 valence electrons. The molecule has 2 heteroatoms. The van der Waals surface area contributed by atoms with E-state index in [0.717, 1.165) is 6.54 Å². The highest BCUT2D eigenvalue weighted by atomic mass is 15.1. The van der Waals surface area contributed by atoms with Crippen molar-refractivity contribution in [3.63, 3.8) is 0 Å². The number of hydrogen-bond donors (Lipinski definition) is 1. The molecule has 1 rings (SSSR count). The minimum atomic E-state index is 0.628. The highest BCUT2D eigenvalue weighted by Gasteiger charge is 2.27. The first-order valence-corrected chi connectivity index (χ1v) is 7.55. The van der Waals surface area contributed by atoms with Gasteiger partial charge in [0.1, 0.15) is 0 Å². The second-order valence-corrected chi connectivity index (χ2v) is 6.15. The topological polar surface area (TPSA) is 15.3 Å². The van der Waals surface area contributed by atoms with Crippen molar-refractivity contribution < 1.29 is 0 Å². The number of hydrogen-bond acceptors (Lipinski definition) is 2. The van der Waals surface area contributed by atoms with Gasteiger partial charge in [-0.3, -0.25) is 0 Å². The highest BCUT2D eigenvalue weighted by Crippen LogP contribution is 2.33. The smallest absolute Gasteiger partial charge is 0.00508 e. The molecule has 0 amide bonds. The van der Waals surface area contributed by atoms with Gasteiger partial charge in [-0.15, -0.1) is 0 Å². The summed E-state index contributed by atoms with van der Waals surface area (Å²) < 4.78 is 0. The van der Waals surface area contributed by atoms with Gasteiger partial charge in [0.05, 0.1) is 0 Å². The zero-order chi connectivity index (χ0) is 12.7. The predicted octanol–water partition coefficient (Wildman–Crippen LogP) is 3.28. The Morgan fingerprint density at radius 3 is 2.41 bits per heavy atom. The molecule has 1 aliphatic rings. The van der Waals surface area contributed by atoms with Crippen LogP contribution < -0.4 is 5.32 Å². The fourth-order valence-electron chi connectivity index (χ4n) is 2.54. The summed E-state index contributed by atoms with van der Waals surface area (Å²) in [6.07, 6.45) is 6.65. The zero-order valence-corrected chi connectivity index (χ0v) is 12.4. The average molecular weight is 240 g/mol. The molecule has 1 N–H and O–H groups in total. The summed E-state index contributed by atoms with van der Waals surface area (Å²) >= 11 is 0. The maximum Gasteiger partial charge on any atom is 0.00508 e. The first-order chi connectivity index (χ1) is 8.09. The number of rotatable bonds is 7. The van der Waals surface area contributed by atoms with Crippen molar-refractivity contribution in [3.8, 4) is 0 Å². The van der Waals surface area contributed by atoms with Crippen molar-refractivity contribution >= 4 is 0 Å². The van der Waals surface area contributed by atoms with Crippen LogP contribution in [0.5, 0.6) is 0 Å². The third-order valence-electron chi connectivity index (χ3n) is 4.54. The molecule has 0 aromatic heterocycles. The van der Waals surface area contributed by atoms with Crippen molar-refractivity contribution in [2.75, 3.05) is 26.2 Å². The quantitative estimate of drug-likeness (QED) is 0.735. The van der Waals surface area contributed by atoms with Gasteiger partial charge in [0.25, 0.3) is 0 Å². The molecule has 1 aliphatic heterocycles. The molecular weight excluding hydrogens is 208 g/mol. The second kappa shape index (κ2) is 7.38. The average Bonchev–Trinajstić information content (AvgIpc) is 2.36. The summed E-state index contributed by atoms with van der Waals surface area (Å²) in [4.78, 5) is 2.65. The van der Waals surface area contributed by atoms with E-state index in [-0.39, 0.29) is 0 Å². The third-order valence-corrected chi connectivity index (χ3v) is 4.54. The Labute approximate surface area is 108 Å². The van der Waals surface area contributed by atoms with Gasteiger partial charge < -0.3 is 10.2 Å². The van der Waals surface area contributed by atoms with Gasteiger partial charge in [-0.2, -0.15) is 0 Å². The summed E-state index contributed by atoms with van der Waals surface area (Å²) in [6, 6.07) is 0.675. The number of nitrogens with zero attached hydrogens (tertiary/aromatic N) is 1. The van der Waals surface area contributed by atoms with E-state index in [4.69, 9.17) is 0 Å². The van der Waals surface area contributed by atoms with Gasteiger partial charge in [0.2, 0.25) is 0 Å². The molecule has 0 aliphatic carbocycles. The minimum absolute atomic E-state index is 0.628. The van der Waals surface area contributed by atoms with E-state index >= 15 is 0 Å². The fraction of sp³-hybridized carbons (Fsp3) is 1.00. The maximum atomic E-state index is 3.57. The summed E-state index contributed by atoms with van der Waals surface area (Å²) in [7, 11) is 0. The Balaban J connectivity index is 2.14. The minimum Gasteiger partial charge on any atom is -0.314 e. The lowest BCUT2D eigenvalue weighted by Crippen LogP contribution is -2.40. The standard InChI is InChI=1S/C15H32N2/c1-5-10-16-14(3)7-11-17-12-8-15(4,6-2)9-13-17/h14,16H,5-13H2,1-4H3. The molecule has 0 aromatic rings. The van der Waals surface area contributed by atoms with Crippen LogP contribution in [0.2, 0.25) is 0 Å². The normalized spacial score (nSPS) is 22.6. The number of piperidine rings is 1. The van der Waals surface area contributed by atoms with Crippen LogP contribution >= 0.6 is 0 Å². The van der Waals surface area contributed by atoms with E-state index in [1.54, 1.807) is 0 Å². The Morgan fingerprint density at radius 1 is 1.24 bits per heavy atom. The molecule has 0 saturated carbocycles. The van der Waals surface area contributed by atoms with Gasteiger partial charge in [0.15, 0.2) is 0 Å². The first-order valence-electron chi connectivity index (χ1n) is 7.55. The number of nitrogens with one attached hydrogen (secondary N) is 1. The highest BCUT2D eigenvalue weighted by molar-refractivity contribution is 4.81. The molecule has 0 radical (unpaired) electrons. The van der Waals surface area contributed by atoms with E-state index in [2.05, 4.69) is 37.9 Å². The molecule has 2 nitrogen and oxygen atoms in total. The van der Waals surface area contributed by atoms with Gasteiger partial charge in [-0.05, 0) is 64.2 Å². The lowest BCUT2D eigenvalue weighted by molar-refractivity contribution is 0.112. The third kappa shape index (κ3) is 5.39. The molecule has 1 unspecified atom stereocenters. The Morgan fingerprint density at radius 2 is 1.88 bits per heavy atom. The van der Waals surface area contributed by atoms with Gasteiger partial charge in [-0.25, -0.2) is 0 Å². The Hall–Kier alpha value is -0.0800. The molecule has 1 fully saturated rings. The SMILES string of the molecule is CCCNC(C)CCN1CCC(C)(CC)CC1. The first kappa shape index (κ1) is 15.0. The van der Waals surface area contributed by atoms with Crippen LogP contribution in [-0.4, -0.2) is 37.1 Å². The molecular formula is C15H32N2. The van der Waals surface area contributed by atoms with Crippen molar-refractivity contribution in [1.29, 1.82) is 0 Å². The van der Waals surface area contributed by atoms with Gasteiger partial charge >= 0.3 is 0 Å². The molecule has 17 heavy (non-hydrogen) atoms. The molecule has 0 bridgehead atoms. The van der Waals surface area contributed by atoms with Crippen LogP contribution in [0.1, 0.15) is 59.8 Å². The molecule has 1 atom stereocenters. The van der Waals surface area contributed by atoms with E-state index in [9.17, 15) is 0 Å². The monoisotopic (exact) mass is 240 g/mol. The Bertz CT molecular complexity index is 195. The lowest BCUT2D eigenvalue weighted by atomic mass is 9.78.